The van der Waals surface area contributed by atoms with E-state index in [9.17, 15) is 42.6 Å². The molecule has 0 unspecified atom stereocenters. The molecule has 336 valence electrons. The molecule has 0 aliphatic rings. The molecule has 0 fully saturated rings. The monoisotopic (exact) mass is 856 g/mol. The lowest BCUT2D eigenvalue weighted by molar-refractivity contribution is -0.142. The molecule has 13 heteroatoms. The van der Waals surface area contributed by atoms with Crippen LogP contribution in [0.1, 0.15) is 148 Å². The fourth-order valence-corrected chi connectivity index (χ4v) is 9.14. The normalized spacial score (nSPS) is 14.1. The van der Waals surface area contributed by atoms with Crippen molar-refractivity contribution in [3.63, 3.8) is 0 Å². The Hall–Kier alpha value is -4.10. The van der Waals surface area contributed by atoms with Gasteiger partial charge in [-0.05, 0) is 74.5 Å². The van der Waals surface area contributed by atoms with Crippen LogP contribution in [0, 0.1) is 17.8 Å². The summed E-state index contributed by atoms with van der Waals surface area (Å²) in [5.41, 5.74) is 6.79. The number of carbonyl (C=O) groups excluding carboxylic acids is 5. The molecule has 0 radical (unpaired) electrons. The number of ketones is 3. The number of nitrogens with two attached hydrogens (primary N) is 1. The Morgan fingerprint density at radius 1 is 0.717 bits per heavy atom. The number of rotatable bonds is 32. The van der Waals surface area contributed by atoms with Crippen molar-refractivity contribution in [2.24, 2.45) is 23.5 Å². The van der Waals surface area contributed by atoms with Crippen molar-refractivity contribution in [3.8, 4) is 11.5 Å². The molecule has 60 heavy (non-hydrogen) atoms. The van der Waals surface area contributed by atoms with E-state index in [-0.39, 0.29) is 60.3 Å². The number of carbonyl (C=O) groups is 5. The van der Waals surface area contributed by atoms with Crippen LogP contribution < -0.4 is 11.1 Å². The van der Waals surface area contributed by atoms with Crippen LogP contribution >= 0.6 is 0 Å². The van der Waals surface area contributed by atoms with Gasteiger partial charge in [0.25, 0.3) is 0 Å². The molecular weight excluding hydrogens is 783 g/mol. The quantitative estimate of drug-likeness (QED) is 0.0532. The van der Waals surface area contributed by atoms with Gasteiger partial charge in [0.15, 0.2) is 21.4 Å². The molecule has 5 N–H and O–H groups in total. The number of sulfone groups is 1. The average molecular weight is 856 g/mol. The predicted octanol–water partition coefficient (Wildman–Crippen LogP) is 7.58. The van der Waals surface area contributed by atoms with E-state index in [1.165, 1.54) is 93.8 Å². The molecule has 12 nitrogen and oxygen atoms in total. The van der Waals surface area contributed by atoms with Gasteiger partial charge in [0.2, 0.25) is 11.8 Å². The van der Waals surface area contributed by atoms with Crippen LogP contribution in [-0.4, -0.2) is 83.8 Å². The molecule has 0 aliphatic carbocycles. The van der Waals surface area contributed by atoms with Crippen LogP contribution in [0.3, 0.4) is 0 Å². The molecule has 0 aromatic heterocycles. The van der Waals surface area contributed by atoms with E-state index in [0.717, 1.165) is 25.7 Å². The van der Waals surface area contributed by atoms with Crippen molar-refractivity contribution in [3.05, 3.63) is 59.7 Å². The number of unbranched alkanes of at least 4 members (excludes halogenated alkanes) is 11. The first kappa shape index (κ1) is 52.0. The standard InChI is InChI=1S/C47H73N3O9S/c1-6-7-8-9-10-11-12-13-14-15-18-29-60(58,59)33-39(19-16-17-28-48)47(57)50(5)45(38-22-26-41(53)27-23-38)44(55)31-35(3)46(56)49-42(43(54)30-34(2)36(4)51)32-37-20-24-40(52)25-21-37/h20-27,34-35,39,42,45,52-53H,6-19,28-33,48H2,1-5H3,(H,49,56)/t34-,35-,39-,42+,45+/m1/s1. The van der Waals surface area contributed by atoms with E-state index < -0.39 is 57.3 Å². The van der Waals surface area contributed by atoms with Crippen LogP contribution in [0.5, 0.6) is 11.5 Å². The Kier molecular flexibility index (Phi) is 24.0. The summed E-state index contributed by atoms with van der Waals surface area (Å²) in [4.78, 5) is 68.9. The number of nitrogens with zero attached hydrogens (tertiary/aromatic N) is 1. The fourth-order valence-electron chi connectivity index (χ4n) is 7.41. The van der Waals surface area contributed by atoms with E-state index in [0.29, 0.717) is 36.9 Å². The minimum absolute atomic E-state index is 0.0226. The molecule has 0 saturated heterocycles. The molecule has 0 heterocycles. The van der Waals surface area contributed by atoms with Gasteiger partial charge >= 0.3 is 0 Å². The van der Waals surface area contributed by atoms with Gasteiger partial charge in [-0.1, -0.05) is 116 Å². The first-order chi connectivity index (χ1) is 28.5. The molecule has 2 aromatic carbocycles. The molecular formula is C47H73N3O9S. The van der Waals surface area contributed by atoms with Gasteiger partial charge in [0.1, 0.15) is 23.3 Å². The lowest BCUT2D eigenvalue weighted by Crippen LogP contribution is -2.46. The number of hydrogen-bond acceptors (Lipinski definition) is 10. The molecule has 2 amide bonds. The largest absolute Gasteiger partial charge is 0.508 e. The third-order valence-corrected chi connectivity index (χ3v) is 13.2. The van der Waals surface area contributed by atoms with Gasteiger partial charge in [-0.2, -0.15) is 0 Å². The summed E-state index contributed by atoms with van der Waals surface area (Å²) in [5, 5.41) is 22.6. The third-order valence-electron chi connectivity index (χ3n) is 11.4. The topological polar surface area (TPSA) is 201 Å². The summed E-state index contributed by atoms with van der Waals surface area (Å²) in [6, 6.07) is 9.80. The van der Waals surface area contributed by atoms with Crippen molar-refractivity contribution < 1.29 is 42.6 Å². The van der Waals surface area contributed by atoms with Gasteiger partial charge in [-0.15, -0.1) is 0 Å². The van der Waals surface area contributed by atoms with Gasteiger partial charge in [0, 0.05) is 31.7 Å². The van der Waals surface area contributed by atoms with E-state index in [1.54, 1.807) is 26.0 Å². The second kappa shape index (κ2) is 27.7. The number of aromatic hydroxyl groups is 2. The van der Waals surface area contributed by atoms with Crippen LogP contribution in [0.2, 0.25) is 0 Å². The van der Waals surface area contributed by atoms with Gasteiger partial charge < -0.3 is 26.2 Å². The number of likely N-dealkylation sites (N-methyl/N-ethyl adjacent to an activating group) is 1. The van der Waals surface area contributed by atoms with E-state index in [2.05, 4.69) is 12.2 Å². The zero-order valence-electron chi connectivity index (χ0n) is 36.8. The van der Waals surface area contributed by atoms with E-state index in [1.807, 2.05) is 0 Å². The maximum absolute atomic E-state index is 14.3. The minimum atomic E-state index is -3.62. The smallest absolute Gasteiger partial charge is 0.227 e. The SMILES string of the molecule is CCCCCCCCCCCCCS(=O)(=O)C[C@@H](CCCCN)C(=O)N(C)[C@H](C(=O)C[C@@H](C)C(=O)N[C@@H](Cc1ccc(O)cc1)C(=O)C[C@@H](C)C(C)=O)c1ccc(O)cc1. The summed E-state index contributed by atoms with van der Waals surface area (Å²) in [6.45, 7) is 7.17. The molecule has 0 bridgehead atoms. The van der Waals surface area contributed by atoms with Crippen LogP contribution in [-0.2, 0) is 40.2 Å². The second-order valence-corrected chi connectivity index (χ2v) is 19.0. The summed E-state index contributed by atoms with van der Waals surface area (Å²) in [7, 11) is -2.16. The Morgan fingerprint density at radius 2 is 1.23 bits per heavy atom. The maximum Gasteiger partial charge on any atom is 0.227 e. The van der Waals surface area contributed by atoms with Gasteiger partial charge in [-0.25, -0.2) is 8.42 Å². The number of Topliss-reactive ketones (excluding diaryl/α,β-unsaturated/α-hetero) is 3. The summed E-state index contributed by atoms with van der Waals surface area (Å²) in [5.74, 6) is -4.94. The summed E-state index contributed by atoms with van der Waals surface area (Å²) >= 11 is 0. The highest BCUT2D eigenvalue weighted by atomic mass is 32.2. The highest BCUT2D eigenvalue weighted by Gasteiger charge is 2.36. The molecule has 0 saturated carbocycles. The Balaban J connectivity index is 2.22. The minimum Gasteiger partial charge on any atom is -0.508 e. The fraction of sp³-hybridized carbons (Fsp3) is 0.638. The van der Waals surface area contributed by atoms with E-state index in [4.69, 9.17) is 5.73 Å². The van der Waals surface area contributed by atoms with Crippen molar-refractivity contribution in [2.45, 2.75) is 149 Å². The van der Waals surface area contributed by atoms with Crippen LogP contribution in [0.15, 0.2) is 48.5 Å². The molecule has 0 spiro atoms. The number of nitrogens with one attached hydrogen (secondary N) is 1. The third kappa shape index (κ3) is 19.5. The number of hydrogen-bond donors (Lipinski definition) is 4. The number of amides is 2. The van der Waals surface area contributed by atoms with Crippen molar-refractivity contribution in [2.75, 3.05) is 25.1 Å². The van der Waals surface area contributed by atoms with Crippen LogP contribution in [0.25, 0.3) is 0 Å². The van der Waals surface area contributed by atoms with Crippen molar-refractivity contribution in [1.29, 1.82) is 0 Å². The lowest BCUT2D eigenvalue weighted by atomic mass is 9.91. The average Bonchev–Trinajstić information content (AvgIpc) is 3.20. The lowest BCUT2D eigenvalue weighted by Gasteiger charge is -2.31. The molecule has 2 aromatic rings. The van der Waals surface area contributed by atoms with Gasteiger partial charge in [0.05, 0.1) is 23.5 Å². The zero-order chi connectivity index (χ0) is 44.7. The van der Waals surface area contributed by atoms with E-state index >= 15 is 0 Å². The predicted molar refractivity (Wildman–Crippen MR) is 237 cm³/mol. The highest BCUT2D eigenvalue weighted by molar-refractivity contribution is 7.91. The van der Waals surface area contributed by atoms with Crippen molar-refractivity contribution >= 4 is 39.0 Å². The summed E-state index contributed by atoms with van der Waals surface area (Å²) < 4.78 is 26.9. The zero-order valence-corrected chi connectivity index (χ0v) is 37.6. The molecule has 0 aliphatic heterocycles. The Bertz CT molecular complexity index is 1730. The van der Waals surface area contributed by atoms with Crippen molar-refractivity contribution in [1.82, 2.24) is 10.2 Å². The number of benzene rings is 2. The number of phenolic OH excluding ortho intramolecular Hbond substituents is 2. The maximum atomic E-state index is 14.3. The highest BCUT2D eigenvalue weighted by Crippen LogP contribution is 2.29. The molecule has 5 atom stereocenters. The number of phenols is 2. The second-order valence-electron chi connectivity index (χ2n) is 16.8. The Labute approximate surface area is 359 Å². The van der Waals surface area contributed by atoms with Crippen LogP contribution in [0.4, 0.5) is 0 Å². The first-order valence-electron chi connectivity index (χ1n) is 22.1. The summed E-state index contributed by atoms with van der Waals surface area (Å²) in [6.07, 6.45) is 13.1. The first-order valence-corrected chi connectivity index (χ1v) is 23.9. The molecule has 2 rings (SSSR count). The Morgan fingerprint density at radius 3 is 1.77 bits per heavy atom. The van der Waals surface area contributed by atoms with Gasteiger partial charge in [-0.3, -0.25) is 24.0 Å².